The number of rotatable bonds is 3. The average Bonchev–Trinajstić information content (AvgIpc) is 2.87. The molecule has 1 aliphatic heterocycles. The van der Waals surface area contributed by atoms with E-state index < -0.39 is 29.0 Å². The second kappa shape index (κ2) is 8.98. The van der Waals surface area contributed by atoms with Crippen molar-refractivity contribution in [2.45, 2.75) is 6.18 Å². The maximum absolute atomic E-state index is 13.5. The number of carbonyl (C=O) groups excluding carboxylic acids is 1. The van der Waals surface area contributed by atoms with E-state index in [-0.39, 0.29) is 13.1 Å². The molecule has 5 nitrogen and oxygen atoms in total. The fourth-order valence-electron chi connectivity index (χ4n) is 4.23. The van der Waals surface area contributed by atoms with Crippen LogP contribution in [0.3, 0.4) is 0 Å². The van der Waals surface area contributed by atoms with E-state index >= 15 is 0 Å². The molecule has 4 aromatic rings. The Kier molecular flexibility index (Phi) is 5.84. The summed E-state index contributed by atoms with van der Waals surface area (Å²) >= 11 is 0. The van der Waals surface area contributed by atoms with Crippen molar-refractivity contribution in [2.75, 3.05) is 31.1 Å². The van der Waals surface area contributed by atoms with Crippen LogP contribution >= 0.6 is 0 Å². The number of halogens is 4. The third-order valence-electron chi connectivity index (χ3n) is 5.98. The van der Waals surface area contributed by atoms with Gasteiger partial charge in [-0.05, 0) is 30.3 Å². The lowest BCUT2D eigenvalue weighted by molar-refractivity contribution is -0.138. The topological polar surface area (TPSA) is 49.3 Å². The fraction of sp³-hybridized carbons (Fsp3) is 0.192. The lowest BCUT2D eigenvalue weighted by Crippen LogP contribution is -2.49. The second-order valence-electron chi connectivity index (χ2n) is 8.22. The van der Waals surface area contributed by atoms with Gasteiger partial charge in [-0.2, -0.15) is 13.2 Å². The minimum Gasteiger partial charge on any atom is -0.351 e. The van der Waals surface area contributed by atoms with Crippen LogP contribution in [-0.4, -0.2) is 47.0 Å². The molecule has 1 aliphatic rings. The van der Waals surface area contributed by atoms with Crippen molar-refractivity contribution >= 4 is 22.8 Å². The summed E-state index contributed by atoms with van der Waals surface area (Å²) in [6.07, 6.45) is -4.83. The summed E-state index contributed by atoms with van der Waals surface area (Å²) in [6.45, 7) is 1.11. The average molecular weight is 480 g/mol. The van der Waals surface area contributed by atoms with E-state index in [1.807, 2.05) is 59.5 Å². The van der Waals surface area contributed by atoms with Crippen molar-refractivity contribution in [2.24, 2.45) is 0 Å². The molecule has 5 rings (SSSR count). The molecule has 1 saturated heterocycles. The Morgan fingerprint density at radius 1 is 0.800 bits per heavy atom. The molecular weight excluding hydrogens is 460 g/mol. The number of carbonyl (C=O) groups is 1. The van der Waals surface area contributed by atoms with Crippen LogP contribution in [0.4, 0.5) is 23.4 Å². The largest absolute Gasteiger partial charge is 0.417 e. The quantitative estimate of drug-likeness (QED) is 0.368. The maximum atomic E-state index is 13.5. The zero-order chi connectivity index (χ0) is 24.6. The van der Waals surface area contributed by atoms with Crippen LogP contribution in [0.25, 0.3) is 22.3 Å². The Morgan fingerprint density at radius 2 is 1.43 bits per heavy atom. The molecule has 1 fully saturated rings. The first kappa shape index (κ1) is 22.8. The summed E-state index contributed by atoms with van der Waals surface area (Å²) in [7, 11) is 0. The number of nitrogens with zero attached hydrogens (tertiary/aromatic N) is 4. The third-order valence-corrected chi connectivity index (χ3v) is 5.98. The van der Waals surface area contributed by atoms with Crippen molar-refractivity contribution in [1.82, 2.24) is 14.9 Å². The van der Waals surface area contributed by atoms with E-state index in [0.29, 0.717) is 30.7 Å². The van der Waals surface area contributed by atoms with E-state index in [4.69, 9.17) is 9.97 Å². The molecule has 35 heavy (non-hydrogen) atoms. The van der Waals surface area contributed by atoms with Crippen molar-refractivity contribution in [3.05, 3.63) is 89.7 Å². The van der Waals surface area contributed by atoms with Crippen molar-refractivity contribution in [3.8, 4) is 11.3 Å². The summed E-state index contributed by atoms with van der Waals surface area (Å²) in [5.41, 5.74) is 1.24. The number of aromatic nitrogens is 2. The zero-order valence-corrected chi connectivity index (χ0v) is 18.5. The normalized spacial score (nSPS) is 14.4. The van der Waals surface area contributed by atoms with E-state index in [2.05, 4.69) is 0 Å². The predicted octanol–water partition coefficient (Wildman–Crippen LogP) is 5.42. The zero-order valence-electron chi connectivity index (χ0n) is 18.5. The molecule has 1 amide bonds. The molecule has 0 bridgehead atoms. The Balaban J connectivity index is 1.43. The summed E-state index contributed by atoms with van der Waals surface area (Å²) < 4.78 is 53.7. The Bertz CT molecular complexity index is 1380. The van der Waals surface area contributed by atoms with Gasteiger partial charge in [0, 0.05) is 31.7 Å². The summed E-state index contributed by atoms with van der Waals surface area (Å²) in [6, 6.07) is 19.3. The SMILES string of the molecule is O=C(c1ccc(F)cc1C(F)(F)F)N1CCN(c2nc3ccccc3nc2-c2ccccc2)CC1. The highest BCUT2D eigenvalue weighted by molar-refractivity contribution is 5.96. The van der Waals surface area contributed by atoms with Crippen LogP contribution in [0.15, 0.2) is 72.8 Å². The van der Waals surface area contributed by atoms with Crippen LogP contribution in [0.1, 0.15) is 15.9 Å². The van der Waals surface area contributed by atoms with Gasteiger partial charge in [0.1, 0.15) is 11.5 Å². The van der Waals surface area contributed by atoms with Crippen LogP contribution < -0.4 is 4.90 Å². The predicted molar refractivity (Wildman–Crippen MR) is 124 cm³/mol. The van der Waals surface area contributed by atoms with Gasteiger partial charge in [0.05, 0.1) is 22.2 Å². The van der Waals surface area contributed by atoms with E-state index in [9.17, 15) is 22.4 Å². The van der Waals surface area contributed by atoms with Gasteiger partial charge >= 0.3 is 6.18 Å². The maximum Gasteiger partial charge on any atom is 0.417 e. The Hall–Kier alpha value is -4.01. The number of hydrogen-bond acceptors (Lipinski definition) is 4. The molecule has 0 radical (unpaired) electrons. The molecule has 2 heterocycles. The highest BCUT2D eigenvalue weighted by Gasteiger charge is 2.37. The number of piperazine rings is 1. The van der Waals surface area contributed by atoms with Crippen molar-refractivity contribution < 1.29 is 22.4 Å². The minimum atomic E-state index is -4.83. The number of anilines is 1. The summed E-state index contributed by atoms with van der Waals surface area (Å²) in [5.74, 6) is -1.16. The first-order valence-electron chi connectivity index (χ1n) is 11.0. The highest BCUT2D eigenvalue weighted by Crippen LogP contribution is 2.34. The van der Waals surface area contributed by atoms with Gasteiger partial charge in [-0.25, -0.2) is 14.4 Å². The number of benzene rings is 3. The van der Waals surface area contributed by atoms with Gasteiger partial charge in [0.25, 0.3) is 5.91 Å². The number of fused-ring (bicyclic) bond motifs is 1. The molecule has 3 aromatic carbocycles. The molecule has 1 aromatic heterocycles. The second-order valence-corrected chi connectivity index (χ2v) is 8.22. The number of para-hydroxylation sites is 2. The van der Waals surface area contributed by atoms with Gasteiger partial charge in [0.15, 0.2) is 5.82 Å². The van der Waals surface area contributed by atoms with Crippen LogP contribution in [0.2, 0.25) is 0 Å². The van der Waals surface area contributed by atoms with Crippen LogP contribution in [0, 0.1) is 5.82 Å². The lowest BCUT2D eigenvalue weighted by atomic mass is 10.0. The number of amides is 1. The van der Waals surface area contributed by atoms with E-state index in [0.717, 1.165) is 28.7 Å². The first-order valence-corrected chi connectivity index (χ1v) is 11.0. The smallest absolute Gasteiger partial charge is 0.351 e. The molecule has 0 spiro atoms. The van der Waals surface area contributed by atoms with Gasteiger partial charge in [-0.1, -0.05) is 42.5 Å². The Morgan fingerprint density at radius 3 is 2.09 bits per heavy atom. The molecule has 0 atom stereocenters. The standard InChI is InChI=1S/C26H20F4N4O/c27-18-10-11-19(20(16-18)26(28,29)30)25(35)34-14-12-33(13-15-34)24-23(17-6-2-1-3-7-17)31-21-8-4-5-9-22(21)32-24/h1-11,16H,12-15H2. The van der Waals surface area contributed by atoms with E-state index in [1.54, 1.807) is 0 Å². The van der Waals surface area contributed by atoms with Gasteiger partial charge in [-0.15, -0.1) is 0 Å². The fourth-order valence-corrected chi connectivity index (χ4v) is 4.23. The first-order chi connectivity index (χ1) is 16.8. The molecule has 0 N–H and O–H groups in total. The minimum absolute atomic E-state index is 0.191. The lowest BCUT2D eigenvalue weighted by Gasteiger charge is -2.36. The number of alkyl halides is 3. The summed E-state index contributed by atoms with van der Waals surface area (Å²) in [5, 5.41) is 0. The molecule has 178 valence electrons. The third kappa shape index (κ3) is 4.53. The van der Waals surface area contributed by atoms with Gasteiger partial charge in [-0.3, -0.25) is 4.79 Å². The molecule has 0 aliphatic carbocycles. The van der Waals surface area contributed by atoms with Crippen molar-refractivity contribution in [3.63, 3.8) is 0 Å². The number of hydrogen-bond donors (Lipinski definition) is 0. The van der Waals surface area contributed by atoms with E-state index in [1.165, 1.54) is 4.90 Å². The molecule has 9 heteroatoms. The van der Waals surface area contributed by atoms with Gasteiger partial charge in [0.2, 0.25) is 0 Å². The van der Waals surface area contributed by atoms with Crippen LogP contribution in [-0.2, 0) is 6.18 Å². The molecule has 0 saturated carbocycles. The van der Waals surface area contributed by atoms with Gasteiger partial charge < -0.3 is 9.80 Å². The van der Waals surface area contributed by atoms with Crippen LogP contribution in [0.5, 0.6) is 0 Å². The Labute approximate surface area is 198 Å². The van der Waals surface area contributed by atoms with Crippen molar-refractivity contribution in [1.29, 1.82) is 0 Å². The molecule has 0 unspecified atom stereocenters. The monoisotopic (exact) mass is 480 g/mol. The summed E-state index contributed by atoms with van der Waals surface area (Å²) in [4.78, 5) is 25.9. The highest BCUT2D eigenvalue weighted by atomic mass is 19.4. The molecular formula is C26H20F4N4O.